The minimum Gasteiger partial charge on any atom is -0.372 e. The Morgan fingerprint density at radius 3 is 2.50 bits per heavy atom. The van der Waals surface area contributed by atoms with Gasteiger partial charge in [0.05, 0.1) is 13.2 Å². The van der Waals surface area contributed by atoms with Gasteiger partial charge in [-0.1, -0.05) is 0 Å². The van der Waals surface area contributed by atoms with Crippen LogP contribution >= 0.6 is 0 Å². The number of ether oxygens (including phenoxy) is 3. The predicted molar refractivity (Wildman–Crippen MR) is 34.1 cm³/mol. The summed E-state index contributed by atoms with van der Waals surface area (Å²) in [4.78, 5) is 0. The zero-order valence-electron chi connectivity index (χ0n) is 5.84. The first-order chi connectivity index (χ1) is 4.97. The van der Waals surface area contributed by atoms with Crippen molar-refractivity contribution in [1.82, 2.24) is 0 Å². The number of hydrogen-bond donors (Lipinski definition) is 0. The minimum atomic E-state index is 0.127. The lowest BCUT2D eigenvalue weighted by Gasteiger charge is -2.12. The highest BCUT2D eigenvalue weighted by Crippen LogP contribution is 2.26. The Kier molecular flexibility index (Phi) is 1.88. The molecule has 2 fully saturated rings. The van der Waals surface area contributed by atoms with Crippen LogP contribution in [0, 0.1) is 6.29 Å². The Hall–Kier alpha value is -0.120. The summed E-state index contributed by atoms with van der Waals surface area (Å²) in [5.74, 6) is 0. The maximum absolute atomic E-state index is 5.35. The second kappa shape index (κ2) is 2.86. The van der Waals surface area contributed by atoms with Gasteiger partial charge in [0.2, 0.25) is 0 Å². The lowest BCUT2D eigenvalue weighted by molar-refractivity contribution is -0.0351. The van der Waals surface area contributed by atoms with Crippen LogP contribution < -0.4 is 0 Å². The molecule has 1 unspecified atom stereocenters. The highest BCUT2D eigenvalue weighted by Gasteiger charge is 2.32. The first kappa shape index (κ1) is 6.58. The third-order valence-corrected chi connectivity index (χ3v) is 1.76. The van der Waals surface area contributed by atoms with Crippen molar-refractivity contribution in [3.8, 4) is 0 Å². The summed E-state index contributed by atoms with van der Waals surface area (Å²) < 4.78 is 15.8. The second-order valence-electron chi connectivity index (χ2n) is 2.52. The highest BCUT2D eigenvalue weighted by atomic mass is 16.7. The van der Waals surface area contributed by atoms with Crippen molar-refractivity contribution in [2.75, 3.05) is 19.8 Å². The largest absolute Gasteiger partial charge is 0.372 e. The molecule has 3 nitrogen and oxygen atoms in total. The van der Waals surface area contributed by atoms with Crippen LogP contribution in [0.1, 0.15) is 12.8 Å². The average Bonchev–Trinajstić information content (AvgIpc) is 2.59. The number of rotatable bonds is 1. The van der Waals surface area contributed by atoms with Gasteiger partial charge in [0.15, 0.2) is 0 Å². The minimum absolute atomic E-state index is 0.127. The van der Waals surface area contributed by atoms with E-state index in [0.717, 1.165) is 19.4 Å². The SMILES string of the molecule is C1COC([C]2OCCO2)C1. The van der Waals surface area contributed by atoms with Gasteiger partial charge < -0.3 is 14.2 Å². The van der Waals surface area contributed by atoms with Gasteiger partial charge in [0, 0.05) is 6.61 Å². The van der Waals surface area contributed by atoms with Crippen LogP contribution in [0.5, 0.6) is 0 Å². The van der Waals surface area contributed by atoms with Gasteiger partial charge in [0.25, 0.3) is 6.29 Å². The zero-order valence-corrected chi connectivity index (χ0v) is 5.84. The third kappa shape index (κ3) is 1.17. The normalized spacial score (nSPS) is 35.4. The molecule has 2 saturated heterocycles. The Morgan fingerprint density at radius 2 is 1.90 bits per heavy atom. The molecule has 0 spiro atoms. The summed E-state index contributed by atoms with van der Waals surface area (Å²) in [7, 11) is 0. The molecule has 1 radical (unpaired) electrons. The molecule has 2 rings (SSSR count). The molecule has 0 aromatic carbocycles. The van der Waals surface area contributed by atoms with E-state index in [1.54, 1.807) is 0 Å². The molecule has 0 bridgehead atoms. The molecular weight excluding hydrogens is 132 g/mol. The summed E-state index contributed by atoms with van der Waals surface area (Å²) in [6, 6.07) is 0. The Labute approximate surface area is 60.3 Å². The monoisotopic (exact) mass is 143 g/mol. The predicted octanol–water partition coefficient (Wildman–Crippen LogP) is 0.702. The van der Waals surface area contributed by atoms with E-state index in [1.807, 2.05) is 0 Å². The van der Waals surface area contributed by atoms with Crippen molar-refractivity contribution in [1.29, 1.82) is 0 Å². The van der Waals surface area contributed by atoms with Crippen LogP contribution in [0.25, 0.3) is 0 Å². The zero-order chi connectivity index (χ0) is 6.81. The Morgan fingerprint density at radius 1 is 1.10 bits per heavy atom. The average molecular weight is 143 g/mol. The molecule has 0 aromatic rings. The van der Waals surface area contributed by atoms with E-state index in [2.05, 4.69) is 0 Å². The molecule has 0 saturated carbocycles. The summed E-state index contributed by atoms with van der Waals surface area (Å²) in [5.41, 5.74) is 0. The van der Waals surface area contributed by atoms with E-state index in [-0.39, 0.29) is 6.10 Å². The van der Waals surface area contributed by atoms with Gasteiger partial charge in [-0.2, -0.15) is 0 Å². The molecule has 57 valence electrons. The van der Waals surface area contributed by atoms with Crippen LogP contribution in [-0.2, 0) is 14.2 Å². The molecule has 10 heavy (non-hydrogen) atoms. The highest BCUT2D eigenvalue weighted by molar-refractivity contribution is 4.84. The molecule has 0 N–H and O–H groups in total. The van der Waals surface area contributed by atoms with Crippen LogP contribution in [0.15, 0.2) is 0 Å². The summed E-state index contributed by atoms with van der Waals surface area (Å²) >= 11 is 0. The van der Waals surface area contributed by atoms with Gasteiger partial charge >= 0.3 is 0 Å². The first-order valence-electron chi connectivity index (χ1n) is 3.71. The third-order valence-electron chi connectivity index (χ3n) is 1.76. The second-order valence-corrected chi connectivity index (χ2v) is 2.52. The fourth-order valence-electron chi connectivity index (χ4n) is 1.28. The van der Waals surface area contributed by atoms with Gasteiger partial charge in [-0.05, 0) is 12.8 Å². The van der Waals surface area contributed by atoms with Gasteiger partial charge in [-0.25, -0.2) is 0 Å². The molecule has 3 heteroatoms. The molecule has 1 atom stereocenters. The van der Waals surface area contributed by atoms with Gasteiger partial charge in [-0.15, -0.1) is 0 Å². The van der Waals surface area contributed by atoms with Crippen LogP contribution in [0.3, 0.4) is 0 Å². The van der Waals surface area contributed by atoms with E-state index in [0.29, 0.717) is 19.5 Å². The molecule has 0 amide bonds. The fraction of sp³-hybridized carbons (Fsp3) is 0.857. The molecule has 2 heterocycles. The van der Waals surface area contributed by atoms with Crippen molar-refractivity contribution >= 4 is 0 Å². The van der Waals surface area contributed by atoms with Crippen LogP contribution in [0.4, 0.5) is 0 Å². The summed E-state index contributed by atoms with van der Waals surface area (Å²) in [6.07, 6.45) is 3.01. The van der Waals surface area contributed by atoms with E-state index >= 15 is 0 Å². The fourth-order valence-corrected chi connectivity index (χ4v) is 1.28. The molecular formula is C7H11O3. The molecule has 2 aliphatic rings. The van der Waals surface area contributed by atoms with E-state index in [4.69, 9.17) is 14.2 Å². The molecule has 2 aliphatic heterocycles. The van der Waals surface area contributed by atoms with E-state index < -0.39 is 0 Å². The molecule has 0 aliphatic carbocycles. The quantitative estimate of drug-likeness (QED) is 0.540. The topological polar surface area (TPSA) is 27.7 Å². The van der Waals surface area contributed by atoms with Crippen LogP contribution in [-0.4, -0.2) is 25.9 Å². The lowest BCUT2D eigenvalue weighted by Crippen LogP contribution is -2.17. The van der Waals surface area contributed by atoms with Gasteiger partial charge in [-0.3, -0.25) is 0 Å². The van der Waals surface area contributed by atoms with Crippen molar-refractivity contribution < 1.29 is 14.2 Å². The van der Waals surface area contributed by atoms with Crippen molar-refractivity contribution in [2.45, 2.75) is 18.9 Å². The smallest absolute Gasteiger partial charge is 0.253 e. The lowest BCUT2D eigenvalue weighted by atomic mass is 10.2. The maximum atomic E-state index is 5.35. The van der Waals surface area contributed by atoms with Crippen LogP contribution in [0.2, 0.25) is 0 Å². The van der Waals surface area contributed by atoms with E-state index in [9.17, 15) is 0 Å². The maximum Gasteiger partial charge on any atom is 0.253 e. The first-order valence-corrected chi connectivity index (χ1v) is 3.71. The summed E-state index contributed by atoms with van der Waals surface area (Å²) in [5, 5.41) is 0. The molecule has 0 aromatic heterocycles. The van der Waals surface area contributed by atoms with Crippen molar-refractivity contribution in [3.63, 3.8) is 0 Å². The van der Waals surface area contributed by atoms with Crippen molar-refractivity contribution in [3.05, 3.63) is 6.29 Å². The number of hydrogen-bond acceptors (Lipinski definition) is 3. The van der Waals surface area contributed by atoms with Gasteiger partial charge in [0.1, 0.15) is 6.10 Å². The Balaban J connectivity index is 1.85. The summed E-state index contributed by atoms with van der Waals surface area (Å²) in [6.45, 7) is 2.23. The Bertz CT molecular complexity index is 89.4. The standard InChI is InChI=1S/C7H11O3/c1-2-6(8-3-1)7-9-4-5-10-7/h6H,1-5H2. The van der Waals surface area contributed by atoms with E-state index in [1.165, 1.54) is 0 Å². The van der Waals surface area contributed by atoms with Crippen molar-refractivity contribution in [2.24, 2.45) is 0 Å².